The van der Waals surface area contributed by atoms with Gasteiger partial charge in [0, 0.05) is 17.0 Å². The van der Waals surface area contributed by atoms with Gasteiger partial charge in [0.15, 0.2) is 5.88 Å². The number of hydrogen-bond acceptors (Lipinski definition) is 2. The van der Waals surface area contributed by atoms with Crippen molar-refractivity contribution in [3.05, 3.63) is 59.5 Å². The summed E-state index contributed by atoms with van der Waals surface area (Å²) in [7, 11) is 0. The molecule has 0 spiro atoms. The second kappa shape index (κ2) is 5.74. The third kappa shape index (κ3) is 3.29. The smallest absolute Gasteiger partial charge is 0.494 e. The molecular formula is C17H13F4NO2. The predicted octanol–water partition coefficient (Wildman–Crippen LogP) is 4.74. The van der Waals surface area contributed by atoms with Crippen molar-refractivity contribution in [2.45, 2.75) is 19.8 Å². The molecule has 0 fully saturated rings. The summed E-state index contributed by atoms with van der Waals surface area (Å²) in [6.45, 7) is 1.92. The molecule has 0 atom stereocenters. The minimum Gasteiger partial charge on any atom is -0.494 e. The number of aromatic hydroxyl groups is 1. The Morgan fingerprint density at radius 3 is 2.42 bits per heavy atom. The standard InChI is InChI=1S/C17H13F4NO2/c1-10-6-13(18)7-12-9-22(16(23)15(10)12)8-11-2-4-14(5-3-11)24-17(19,20)21/h2-7,9,23H,8H2,1H3. The molecule has 0 amide bonds. The fourth-order valence-electron chi connectivity index (χ4n) is 2.66. The Hall–Kier alpha value is -2.70. The van der Waals surface area contributed by atoms with Crippen LogP contribution < -0.4 is 4.74 Å². The van der Waals surface area contributed by atoms with E-state index in [2.05, 4.69) is 4.74 Å². The van der Waals surface area contributed by atoms with Crippen LogP contribution in [0.2, 0.25) is 0 Å². The highest BCUT2D eigenvalue weighted by Crippen LogP contribution is 2.32. The van der Waals surface area contributed by atoms with Crippen molar-refractivity contribution in [3.8, 4) is 11.6 Å². The van der Waals surface area contributed by atoms with E-state index in [1.807, 2.05) is 0 Å². The minimum absolute atomic E-state index is 0.0156. The number of nitrogens with zero attached hydrogens (tertiary/aromatic N) is 1. The van der Waals surface area contributed by atoms with Gasteiger partial charge in [-0.25, -0.2) is 4.39 Å². The Bertz CT molecular complexity index is 882. The molecule has 0 bridgehead atoms. The second-order valence-electron chi connectivity index (χ2n) is 5.46. The maximum Gasteiger partial charge on any atom is 0.573 e. The van der Waals surface area contributed by atoms with Crippen molar-refractivity contribution >= 4 is 10.8 Å². The molecule has 0 aliphatic rings. The Morgan fingerprint density at radius 1 is 1.12 bits per heavy atom. The summed E-state index contributed by atoms with van der Waals surface area (Å²) >= 11 is 0. The van der Waals surface area contributed by atoms with Gasteiger partial charge in [-0.2, -0.15) is 0 Å². The van der Waals surface area contributed by atoms with Gasteiger partial charge in [-0.1, -0.05) is 12.1 Å². The summed E-state index contributed by atoms with van der Waals surface area (Å²) in [5.74, 6) is -0.727. The molecule has 0 radical (unpaired) electrons. The van der Waals surface area contributed by atoms with E-state index in [1.165, 1.54) is 41.0 Å². The summed E-state index contributed by atoms with van der Waals surface area (Å²) < 4.78 is 55.2. The van der Waals surface area contributed by atoms with Crippen molar-refractivity contribution in [1.29, 1.82) is 0 Å². The van der Waals surface area contributed by atoms with Crippen molar-refractivity contribution in [3.63, 3.8) is 0 Å². The number of ether oxygens (including phenoxy) is 1. The molecule has 2 aromatic carbocycles. The van der Waals surface area contributed by atoms with Crippen LogP contribution in [0.15, 0.2) is 42.6 Å². The summed E-state index contributed by atoms with van der Waals surface area (Å²) in [5, 5.41) is 11.4. The fourth-order valence-corrected chi connectivity index (χ4v) is 2.66. The van der Waals surface area contributed by atoms with Crippen LogP contribution in [-0.4, -0.2) is 16.0 Å². The summed E-state index contributed by atoms with van der Waals surface area (Å²) in [6.07, 6.45) is -3.14. The number of alkyl halides is 3. The SMILES string of the molecule is Cc1cc(F)cc2cn(Cc3ccc(OC(F)(F)F)cc3)c(O)c12. The van der Waals surface area contributed by atoms with Gasteiger partial charge in [-0.05, 0) is 42.3 Å². The third-order valence-corrected chi connectivity index (χ3v) is 3.63. The fraction of sp³-hybridized carbons (Fsp3) is 0.176. The average molecular weight is 339 g/mol. The van der Waals surface area contributed by atoms with Gasteiger partial charge in [-0.15, -0.1) is 13.2 Å². The largest absolute Gasteiger partial charge is 0.573 e. The van der Waals surface area contributed by atoms with E-state index < -0.39 is 12.2 Å². The van der Waals surface area contributed by atoms with Gasteiger partial charge in [0.1, 0.15) is 11.6 Å². The Labute approximate surface area is 134 Å². The first-order valence-corrected chi connectivity index (χ1v) is 7.05. The molecule has 0 saturated heterocycles. The maximum absolute atomic E-state index is 13.4. The van der Waals surface area contributed by atoms with E-state index in [0.29, 0.717) is 21.9 Å². The van der Waals surface area contributed by atoms with Gasteiger partial charge in [-0.3, -0.25) is 0 Å². The topological polar surface area (TPSA) is 34.4 Å². The Balaban J connectivity index is 1.87. The lowest BCUT2D eigenvalue weighted by atomic mass is 10.1. The van der Waals surface area contributed by atoms with E-state index >= 15 is 0 Å². The maximum atomic E-state index is 13.4. The van der Waals surface area contributed by atoms with Crippen molar-refractivity contribution in [2.75, 3.05) is 0 Å². The highest BCUT2D eigenvalue weighted by molar-refractivity contribution is 5.90. The number of fused-ring (bicyclic) bond motifs is 1. The van der Waals surface area contributed by atoms with Gasteiger partial charge in [0.25, 0.3) is 0 Å². The van der Waals surface area contributed by atoms with Gasteiger partial charge >= 0.3 is 6.36 Å². The highest BCUT2D eigenvalue weighted by Gasteiger charge is 2.30. The van der Waals surface area contributed by atoms with E-state index in [4.69, 9.17) is 0 Å². The first kappa shape index (κ1) is 16.2. The first-order chi connectivity index (χ1) is 11.2. The van der Waals surface area contributed by atoms with E-state index in [9.17, 15) is 22.7 Å². The molecule has 0 saturated carbocycles. The monoisotopic (exact) mass is 339 g/mol. The van der Waals surface area contributed by atoms with Crippen LogP contribution in [-0.2, 0) is 6.54 Å². The van der Waals surface area contributed by atoms with E-state index in [-0.39, 0.29) is 18.2 Å². The molecule has 3 nitrogen and oxygen atoms in total. The van der Waals surface area contributed by atoms with Gasteiger partial charge in [0.05, 0.1) is 6.54 Å². The third-order valence-electron chi connectivity index (χ3n) is 3.63. The van der Waals surface area contributed by atoms with Crippen molar-refractivity contribution in [2.24, 2.45) is 0 Å². The number of rotatable bonds is 3. The molecule has 3 aromatic rings. The molecule has 3 rings (SSSR count). The van der Waals surface area contributed by atoms with E-state index in [0.717, 1.165) is 0 Å². The molecule has 126 valence electrons. The average Bonchev–Trinajstić information content (AvgIpc) is 2.76. The summed E-state index contributed by atoms with van der Waals surface area (Å²) in [5.41, 5.74) is 1.27. The number of benzene rings is 2. The van der Waals surface area contributed by atoms with Crippen molar-refractivity contribution in [1.82, 2.24) is 4.57 Å². The molecule has 0 aliphatic heterocycles. The molecular weight excluding hydrogens is 326 g/mol. The molecule has 1 aromatic heterocycles. The molecule has 1 N–H and O–H groups in total. The first-order valence-electron chi connectivity index (χ1n) is 7.05. The van der Waals surface area contributed by atoms with E-state index in [1.54, 1.807) is 13.1 Å². The number of halogens is 4. The molecule has 24 heavy (non-hydrogen) atoms. The van der Waals surface area contributed by atoms with Gasteiger partial charge < -0.3 is 14.4 Å². The Morgan fingerprint density at radius 2 is 1.79 bits per heavy atom. The van der Waals surface area contributed by atoms with Crippen LogP contribution >= 0.6 is 0 Å². The second-order valence-corrected chi connectivity index (χ2v) is 5.46. The minimum atomic E-state index is -4.74. The summed E-state index contributed by atoms with van der Waals surface area (Å²) in [6, 6.07) is 7.99. The zero-order valence-electron chi connectivity index (χ0n) is 12.6. The number of hydrogen-bond donors (Lipinski definition) is 1. The zero-order chi connectivity index (χ0) is 17.5. The van der Waals surface area contributed by atoms with Gasteiger partial charge in [0.2, 0.25) is 0 Å². The van der Waals surface area contributed by atoms with Crippen LogP contribution in [0.3, 0.4) is 0 Å². The predicted molar refractivity (Wildman–Crippen MR) is 80.5 cm³/mol. The molecule has 1 heterocycles. The van der Waals surface area contributed by atoms with Crippen LogP contribution in [0.5, 0.6) is 11.6 Å². The van der Waals surface area contributed by atoms with Crippen LogP contribution in [0.1, 0.15) is 11.1 Å². The summed E-state index contributed by atoms with van der Waals surface area (Å²) in [4.78, 5) is 0. The number of aromatic nitrogens is 1. The Kier molecular flexibility index (Phi) is 3.87. The highest BCUT2D eigenvalue weighted by atomic mass is 19.4. The molecule has 0 unspecified atom stereocenters. The zero-order valence-corrected chi connectivity index (χ0v) is 12.6. The lowest BCUT2D eigenvalue weighted by molar-refractivity contribution is -0.274. The quantitative estimate of drug-likeness (QED) is 0.699. The van der Waals surface area contributed by atoms with Crippen LogP contribution in [0, 0.1) is 12.7 Å². The van der Waals surface area contributed by atoms with Crippen molar-refractivity contribution < 1.29 is 27.4 Å². The molecule has 0 aliphatic carbocycles. The lowest BCUT2D eigenvalue weighted by Gasteiger charge is -2.10. The van der Waals surface area contributed by atoms with Crippen LogP contribution in [0.25, 0.3) is 10.8 Å². The van der Waals surface area contributed by atoms with Crippen LogP contribution in [0.4, 0.5) is 17.6 Å². The number of aryl methyl sites for hydroxylation is 1. The normalized spacial score (nSPS) is 11.9. The lowest BCUT2D eigenvalue weighted by Crippen LogP contribution is -2.17. The molecule has 7 heteroatoms.